The van der Waals surface area contributed by atoms with Gasteiger partial charge < -0.3 is 5.41 Å². The molecule has 1 N–H and O–H groups in total. The van der Waals surface area contributed by atoms with Gasteiger partial charge in [-0.3, -0.25) is 0 Å². The van der Waals surface area contributed by atoms with Crippen LogP contribution >= 0.6 is 0 Å². The van der Waals surface area contributed by atoms with Gasteiger partial charge in [0.05, 0.1) is 0 Å². The highest BCUT2D eigenvalue weighted by atomic mass is 14.3. The lowest BCUT2D eigenvalue weighted by Gasteiger charge is -1.95. The molecule has 0 aliphatic rings. The molecule has 0 fully saturated rings. The Labute approximate surface area is 50.9 Å². The van der Waals surface area contributed by atoms with Crippen molar-refractivity contribution in [3.05, 3.63) is 12.2 Å². The molecule has 0 aliphatic carbocycles. The molecule has 0 aromatic carbocycles. The van der Waals surface area contributed by atoms with Crippen LogP contribution in [0.1, 0.15) is 20.3 Å². The molecule has 1 nitrogen and oxygen atoms in total. The maximum absolute atomic E-state index is 6.83. The zero-order chi connectivity index (χ0) is 6.41. The van der Waals surface area contributed by atoms with E-state index in [0.717, 1.165) is 6.42 Å². The van der Waals surface area contributed by atoms with Gasteiger partial charge in [-0.2, -0.15) is 0 Å². The van der Waals surface area contributed by atoms with E-state index in [1.165, 1.54) is 6.21 Å². The van der Waals surface area contributed by atoms with Gasteiger partial charge in [0.2, 0.25) is 0 Å². The Bertz CT molecular complexity index is 84.4. The van der Waals surface area contributed by atoms with E-state index in [4.69, 9.17) is 5.41 Å². The highest BCUT2D eigenvalue weighted by molar-refractivity contribution is 5.56. The van der Waals surface area contributed by atoms with E-state index in [1.807, 2.05) is 19.9 Å². The van der Waals surface area contributed by atoms with Crippen molar-refractivity contribution in [2.45, 2.75) is 20.3 Å². The Balaban J connectivity index is 3.23. The van der Waals surface area contributed by atoms with Crippen LogP contribution in [0, 0.1) is 11.3 Å². The van der Waals surface area contributed by atoms with Crippen LogP contribution in [-0.2, 0) is 0 Å². The Hall–Kier alpha value is -0.590. The van der Waals surface area contributed by atoms with Crippen molar-refractivity contribution in [3.8, 4) is 0 Å². The van der Waals surface area contributed by atoms with Gasteiger partial charge >= 0.3 is 0 Å². The summed E-state index contributed by atoms with van der Waals surface area (Å²) in [6.45, 7) is 4.03. The molecule has 0 bridgehead atoms. The minimum absolute atomic E-state index is 0.409. The molecule has 0 amide bonds. The first kappa shape index (κ1) is 7.41. The van der Waals surface area contributed by atoms with Crippen molar-refractivity contribution < 1.29 is 0 Å². The first-order valence-corrected chi connectivity index (χ1v) is 2.93. The summed E-state index contributed by atoms with van der Waals surface area (Å²) in [5.74, 6) is 0.409. The minimum atomic E-state index is 0.409. The zero-order valence-electron chi connectivity index (χ0n) is 5.52. The Morgan fingerprint density at radius 1 is 1.62 bits per heavy atom. The van der Waals surface area contributed by atoms with Gasteiger partial charge in [-0.1, -0.05) is 19.1 Å². The average molecular weight is 111 g/mol. The molecule has 0 rings (SSSR count). The van der Waals surface area contributed by atoms with Crippen LogP contribution < -0.4 is 0 Å². The third-order valence-corrected chi connectivity index (χ3v) is 1.03. The molecule has 0 spiro atoms. The summed E-state index contributed by atoms with van der Waals surface area (Å²) in [5.41, 5.74) is 0. The molecule has 0 aromatic rings. The topological polar surface area (TPSA) is 23.9 Å². The van der Waals surface area contributed by atoms with E-state index in [-0.39, 0.29) is 0 Å². The maximum atomic E-state index is 6.83. The second kappa shape index (κ2) is 4.57. The highest BCUT2D eigenvalue weighted by Crippen LogP contribution is 1.96. The van der Waals surface area contributed by atoms with Gasteiger partial charge in [0.15, 0.2) is 0 Å². The van der Waals surface area contributed by atoms with Gasteiger partial charge in [-0.05, 0) is 25.5 Å². The summed E-state index contributed by atoms with van der Waals surface area (Å²) in [5, 5.41) is 6.83. The van der Waals surface area contributed by atoms with Crippen molar-refractivity contribution in [1.29, 1.82) is 5.41 Å². The Morgan fingerprint density at radius 2 is 2.25 bits per heavy atom. The third-order valence-electron chi connectivity index (χ3n) is 1.03. The fraction of sp³-hybridized carbons (Fsp3) is 0.571. The predicted molar refractivity (Wildman–Crippen MR) is 37.4 cm³/mol. The fourth-order valence-electron chi connectivity index (χ4n) is 0.419. The summed E-state index contributed by atoms with van der Waals surface area (Å²) in [4.78, 5) is 0. The number of hydrogen-bond acceptors (Lipinski definition) is 1. The molecule has 0 aliphatic heterocycles. The largest absolute Gasteiger partial charge is 0.313 e. The molecule has 0 radical (unpaired) electrons. The molecule has 0 aromatic heterocycles. The smallest absolute Gasteiger partial charge is 0.00164 e. The molecular weight excluding hydrogens is 98.1 g/mol. The SMILES string of the molecule is C/C=C/CC(C)C=N. The standard InChI is InChI=1S/C7H13N/c1-3-4-5-7(2)6-8/h3-4,6-8H,5H2,1-2H3/b4-3+,8-6?. The van der Waals surface area contributed by atoms with Crippen LogP contribution in [0.5, 0.6) is 0 Å². The second-order valence-electron chi connectivity index (χ2n) is 1.95. The lowest BCUT2D eigenvalue weighted by Crippen LogP contribution is -1.90. The average Bonchev–Trinajstić information content (AvgIpc) is 1.83. The Kier molecular flexibility index (Phi) is 4.23. The fourth-order valence-corrected chi connectivity index (χ4v) is 0.419. The van der Waals surface area contributed by atoms with Crippen molar-refractivity contribution in [2.75, 3.05) is 0 Å². The molecule has 0 saturated carbocycles. The van der Waals surface area contributed by atoms with Gasteiger partial charge in [-0.25, -0.2) is 0 Å². The summed E-state index contributed by atoms with van der Waals surface area (Å²) < 4.78 is 0. The Morgan fingerprint density at radius 3 is 2.62 bits per heavy atom. The van der Waals surface area contributed by atoms with E-state index >= 15 is 0 Å². The van der Waals surface area contributed by atoms with Gasteiger partial charge in [0, 0.05) is 0 Å². The quantitative estimate of drug-likeness (QED) is 0.426. The highest BCUT2D eigenvalue weighted by Gasteiger charge is 1.89. The third kappa shape index (κ3) is 3.59. The first-order chi connectivity index (χ1) is 3.81. The number of allylic oxidation sites excluding steroid dienone is 2. The molecule has 0 heterocycles. The maximum Gasteiger partial charge on any atom is -0.00164 e. The van der Waals surface area contributed by atoms with E-state index in [9.17, 15) is 0 Å². The van der Waals surface area contributed by atoms with E-state index in [0.29, 0.717) is 5.92 Å². The first-order valence-electron chi connectivity index (χ1n) is 2.93. The van der Waals surface area contributed by atoms with Crippen LogP contribution in [0.3, 0.4) is 0 Å². The molecule has 1 heteroatoms. The molecule has 1 atom stereocenters. The van der Waals surface area contributed by atoms with Crippen LogP contribution in [-0.4, -0.2) is 6.21 Å². The van der Waals surface area contributed by atoms with E-state index in [1.54, 1.807) is 0 Å². The lowest BCUT2D eigenvalue weighted by molar-refractivity contribution is 0.803. The van der Waals surface area contributed by atoms with Gasteiger partial charge in [0.25, 0.3) is 0 Å². The normalized spacial score (nSPS) is 14.2. The van der Waals surface area contributed by atoms with Crippen LogP contribution in [0.2, 0.25) is 0 Å². The molecule has 46 valence electrons. The van der Waals surface area contributed by atoms with Crippen LogP contribution in [0.15, 0.2) is 12.2 Å². The van der Waals surface area contributed by atoms with Gasteiger partial charge in [-0.15, -0.1) is 0 Å². The minimum Gasteiger partial charge on any atom is -0.313 e. The summed E-state index contributed by atoms with van der Waals surface area (Å²) in [6, 6.07) is 0. The van der Waals surface area contributed by atoms with Crippen molar-refractivity contribution in [1.82, 2.24) is 0 Å². The van der Waals surface area contributed by atoms with Crippen molar-refractivity contribution in [3.63, 3.8) is 0 Å². The zero-order valence-corrected chi connectivity index (χ0v) is 5.52. The molecule has 0 saturated heterocycles. The van der Waals surface area contributed by atoms with Gasteiger partial charge in [0.1, 0.15) is 0 Å². The summed E-state index contributed by atoms with van der Waals surface area (Å²) in [7, 11) is 0. The second-order valence-corrected chi connectivity index (χ2v) is 1.95. The summed E-state index contributed by atoms with van der Waals surface area (Å²) in [6.07, 6.45) is 6.57. The monoisotopic (exact) mass is 111 g/mol. The number of hydrogen-bond donors (Lipinski definition) is 1. The van der Waals surface area contributed by atoms with Crippen molar-refractivity contribution in [2.24, 2.45) is 5.92 Å². The van der Waals surface area contributed by atoms with Crippen LogP contribution in [0.4, 0.5) is 0 Å². The predicted octanol–water partition coefficient (Wildman–Crippen LogP) is 2.24. The lowest BCUT2D eigenvalue weighted by atomic mass is 10.1. The van der Waals surface area contributed by atoms with Crippen LogP contribution in [0.25, 0.3) is 0 Å². The number of nitrogens with one attached hydrogen (secondary N) is 1. The molecule has 8 heavy (non-hydrogen) atoms. The molecular formula is C7H13N. The van der Waals surface area contributed by atoms with E-state index in [2.05, 4.69) is 6.08 Å². The van der Waals surface area contributed by atoms with E-state index < -0.39 is 0 Å². The summed E-state index contributed by atoms with van der Waals surface area (Å²) >= 11 is 0. The number of rotatable bonds is 3. The van der Waals surface area contributed by atoms with Crippen molar-refractivity contribution >= 4 is 6.21 Å². The molecule has 1 unspecified atom stereocenters.